The second kappa shape index (κ2) is 10.2. The number of hydrogen-bond acceptors (Lipinski definition) is 4. The zero-order valence-corrected chi connectivity index (χ0v) is 20.7. The van der Waals surface area contributed by atoms with Gasteiger partial charge in [0.15, 0.2) is 17.5 Å². The predicted molar refractivity (Wildman–Crippen MR) is 131 cm³/mol. The van der Waals surface area contributed by atoms with Gasteiger partial charge in [0.25, 0.3) is 0 Å². The van der Waals surface area contributed by atoms with Gasteiger partial charge in [0.05, 0.1) is 15.8 Å². The van der Waals surface area contributed by atoms with Crippen molar-refractivity contribution in [2.75, 3.05) is 0 Å². The Hall–Kier alpha value is -4.12. The Balaban J connectivity index is 1.39. The van der Waals surface area contributed by atoms with Gasteiger partial charge in [-0.1, -0.05) is 23.8 Å². The highest BCUT2D eigenvalue weighted by Gasteiger charge is 2.39. The first-order valence-corrected chi connectivity index (χ1v) is 12.1. The lowest BCUT2D eigenvalue weighted by Gasteiger charge is -2.15. The van der Waals surface area contributed by atoms with Crippen molar-refractivity contribution in [2.24, 2.45) is 0 Å². The molecule has 11 heteroatoms. The van der Waals surface area contributed by atoms with Gasteiger partial charge in [-0.25, -0.2) is 26.9 Å². The lowest BCUT2D eigenvalue weighted by atomic mass is 10.0. The number of fused-ring (bicyclic) bond motifs is 1. The summed E-state index contributed by atoms with van der Waals surface area (Å²) >= 11 is 0.453. The third-order valence-corrected chi connectivity index (χ3v) is 6.73. The highest BCUT2D eigenvalue weighted by molar-refractivity contribution is 7.18. The molecule has 0 aliphatic rings. The summed E-state index contributed by atoms with van der Waals surface area (Å²) in [6.07, 6.45) is -4.14. The molecule has 1 aromatic heterocycles. The average molecular weight is 563 g/mol. The molecule has 39 heavy (non-hydrogen) atoms. The second-order valence-corrected chi connectivity index (χ2v) is 9.59. The van der Waals surface area contributed by atoms with E-state index < -0.39 is 46.0 Å². The third-order valence-electron chi connectivity index (χ3n) is 5.66. The van der Waals surface area contributed by atoms with E-state index in [1.54, 1.807) is 12.1 Å². The molecule has 0 unspecified atom stereocenters. The first kappa shape index (κ1) is 26.5. The van der Waals surface area contributed by atoms with Crippen LogP contribution in [0.4, 0.5) is 30.7 Å². The molecule has 0 aliphatic carbocycles. The number of hydrogen-bond donors (Lipinski definition) is 0. The van der Waals surface area contributed by atoms with Crippen molar-refractivity contribution in [2.45, 2.75) is 19.6 Å². The van der Waals surface area contributed by atoms with Crippen molar-refractivity contribution in [3.8, 4) is 22.6 Å². The largest absolute Gasteiger partial charge is 0.489 e. The summed E-state index contributed by atoms with van der Waals surface area (Å²) in [4.78, 5) is 3.77. The molecule has 1 heterocycles. The fourth-order valence-corrected chi connectivity index (χ4v) is 4.69. The number of aryl methyl sites for hydroxylation is 1. The Labute approximate surface area is 221 Å². The molecule has 4 aromatic carbocycles. The van der Waals surface area contributed by atoms with Crippen LogP contribution in [0, 0.1) is 36.0 Å². The van der Waals surface area contributed by atoms with Crippen LogP contribution in [0.15, 0.2) is 66.7 Å². The molecule has 0 fully saturated rings. The van der Waals surface area contributed by atoms with E-state index in [4.69, 9.17) is 4.74 Å². The quantitative estimate of drug-likeness (QED) is 0.147. The number of rotatable bonds is 7. The number of halogens is 7. The zero-order valence-electron chi connectivity index (χ0n) is 19.9. The smallest absolute Gasteiger partial charge is 0.454 e. The first-order valence-electron chi connectivity index (χ1n) is 11.3. The number of benzene rings is 4. The minimum absolute atomic E-state index is 0.0717. The lowest BCUT2D eigenvalue weighted by Crippen LogP contribution is -2.21. The minimum atomic E-state index is -4.14. The monoisotopic (exact) mass is 563 g/mol. The maximum atomic E-state index is 15.0. The highest BCUT2D eigenvalue weighted by Crippen LogP contribution is 2.39. The maximum Gasteiger partial charge on any atom is 0.454 e. The number of aromatic nitrogens is 1. The van der Waals surface area contributed by atoms with Crippen LogP contribution in [0.5, 0.6) is 11.5 Å². The summed E-state index contributed by atoms with van der Waals surface area (Å²) in [5.41, 5.74) is 1.06. The van der Waals surface area contributed by atoms with Gasteiger partial charge in [-0.3, -0.25) is 0 Å². The molecule has 0 aliphatic heterocycles. The molecule has 0 N–H and O–H groups in total. The topological polar surface area (TPSA) is 31.4 Å². The van der Waals surface area contributed by atoms with Crippen molar-refractivity contribution in [1.29, 1.82) is 0 Å². The summed E-state index contributed by atoms with van der Waals surface area (Å²) in [6.45, 7) is 1.83. The SMILES string of the molecule is Cc1ccc(OCc2cc(F)c(-c3ccc4nc(C(F)(F)Oc5cc(F)c(F)c(F)c5)sc4c3)c(F)c2)cc1. The molecule has 0 saturated carbocycles. The Morgan fingerprint density at radius 2 is 1.41 bits per heavy atom. The van der Waals surface area contributed by atoms with Crippen LogP contribution in [0.1, 0.15) is 16.1 Å². The zero-order chi connectivity index (χ0) is 27.9. The summed E-state index contributed by atoms with van der Waals surface area (Å²) in [7, 11) is 0. The van der Waals surface area contributed by atoms with Crippen LogP contribution < -0.4 is 9.47 Å². The normalized spacial score (nSPS) is 11.7. The van der Waals surface area contributed by atoms with Gasteiger partial charge in [0.2, 0.25) is 5.01 Å². The fourth-order valence-electron chi connectivity index (χ4n) is 3.77. The molecule has 3 nitrogen and oxygen atoms in total. The molecular formula is C28H16F7NO2S. The molecular weight excluding hydrogens is 547 g/mol. The number of nitrogens with zero attached hydrogens (tertiary/aromatic N) is 1. The third kappa shape index (κ3) is 5.53. The predicted octanol–water partition coefficient (Wildman–Crippen LogP) is 8.67. The Morgan fingerprint density at radius 1 is 0.769 bits per heavy atom. The van der Waals surface area contributed by atoms with Crippen molar-refractivity contribution in [3.63, 3.8) is 0 Å². The molecule has 5 rings (SSSR count). The average Bonchev–Trinajstić information content (AvgIpc) is 3.31. The van der Waals surface area contributed by atoms with E-state index in [1.807, 2.05) is 19.1 Å². The van der Waals surface area contributed by atoms with Crippen LogP contribution in [-0.2, 0) is 12.7 Å². The summed E-state index contributed by atoms with van der Waals surface area (Å²) in [5.74, 6) is -7.41. The van der Waals surface area contributed by atoms with Gasteiger partial charge in [0, 0.05) is 12.1 Å². The van der Waals surface area contributed by atoms with Crippen LogP contribution in [-0.4, -0.2) is 4.98 Å². The second-order valence-electron chi connectivity index (χ2n) is 8.56. The number of alkyl halides is 2. The Bertz CT molecular complexity index is 1640. The van der Waals surface area contributed by atoms with Crippen LogP contribution >= 0.6 is 11.3 Å². The fraction of sp³-hybridized carbons (Fsp3) is 0.107. The molecule has 200 valence electrons. The first-order chi connectivity index (χ1) is 18.5. The van der Waals surface area contributed by atoms with E-state index >= 15 is 0 Å². The van der Waals surface area contributed by atoms with E-state index in [0.29, 0.717) is 17.1 Å². The van der Waals surface area contributed by atoms with Gasteiger partial charge in [-0.15, -0.1) is 11.3 Å². The van der Waals surface area contributed by atoms with Gasteiger partial charge < -0.3 is 9.47 Å². The lowest BCUT2D eigenvalue weighted by molar-refractivity contribution is -0.185. The molecule has 0 atom stereocenters. The van der Waals surface area contributed by atoms with Crippen molar-refractivity contribution < 1.29 is 40.2 Å². The van der Waals surface area contributed by atoms with Crippen molar-refractivity contribution in [1.82, 2.24) is 4.98 Å². The summed E-state index contributed by atoms with van der Waals surface area (Å²) in [5, 5.41) is -0.885. The van der Waals surface area contributed by atoms with Gasteiger partial charge in [0.1, 0.15) is 29.7 Å². The number of ether oxygens (including phenoxy) is 2. The van der Waals surface area contributed by atoms with E-state index in [9.17, 15) is 30.7 Å². The molecule has 0 spiro atoms. The van der Waals surface area contributed by atoms with Gasteiger partial charge >= 0.3 is 6.11 Å². The van der Waals surface area contributed by atoms with Crippen LogP contribution in [0.2, 0.25) is 0 Å². The minimum Gasteiger partial charge on any atom is -0.489 e. The summed E-state index contributed by atoms with van der Waals surface area (Å²) in [6, 6.07) is 13.8. The molecule has 0 amide bonds. The van der Waals surface area contributed by atoms with E-state index in [0.717, 1.165) is 17.7 Å². The van der Waals surface area contributed by atoms with E-state index in [1.165, 1.54) is 18.2 Å². The van der Waals surface area contributed by atoms with Crippen molar-refractivity contribution in [3.05, 3.63) is 112 Å². The van der Waals surface area contributed by atoms with Gasteiger partial charge in [-0.2, -0.15) is 8.78 Å². The molecule has 0 radical (unpaired) electrons. The maximum absolute atomic E-state index is 15.0. The van der Waals surface area contributed by atoms with E-state index in [2.05, 4.69) is 9.72 Å². The number of thiazole rings is 1. The van der Waals surface area contributed by atoms with Gasteiger partial charge in [-0.05, 0) is 54.4 Å². The van der Waals surface area contributed by atoms with Crippen LogP contribution in [0.25, 0.3) is 21.3 Å². The Morgan fingerprint density at radius 3 is 2.05 bits per heavy atom. The van der Waals surface area contributed by atoms with E-state index in [-0.39, 0.29) is 45.6 Å². The standard InChI is InChI=1S/C28H16F7NO2S/c1-14-2-5-17(6-3-14)37-13-15-8-19(29)25(20(30)9-15)16-4-7-23-24(10-16)39-27(36-23)28(34,35)38-18-11-21(31)26(33)22(32)12-18/h2-12H,13H2,1H3. The highest BCUT2D eigenvalue weighted by atomic mass is 32.1. The molecule has 0 bridgehead atoms. The molecule has 5 aromatic rings. The van der Waals surface area contributed by atoms with Crippen LogP contribution in [0.3, 0.4) is 0 Å². The van der Waals surface area contributed by atoms with Crippen molar-refractivity contribution >= 4 is 21.6 Å². The summed E-state index contributed by atoms with van der Waals surface area (Å²) < 4.78 is 109. The molecule has 0 saturated heterocycles. The Kier molecular flexibility index (Phi) is 6.94.